The number of halogens is 1. The minimum atomic E-state index is -0.0559. The molecule has 0 bridgehead atoms. The molecule has 3 nitrogen and oxygen atoms in total. The first-order valence-corrected chi connectivity index (χ1v) is 5.83. The van der Waals surface area contributed by atoms with Crippen LogP contribution in [0.25, 0.3) is 0 Å². The average molecular weight is 315 g/mol. The van der Waals surface area contributed by atoms with Gasteiger partial charge in [-0.05, 0) is 34.2 Å². The van der Waals surface area contributed by atoms with E-state index in [1.165, 1.54) is 4.90 Å². The molecule has 78 valence electrons. The van der Waals surface area contributed by atoms with Crippen LogP contribution in [0.4, 0.5) is 0 Å². The Balaban J connectivity index is 2.18. The molecule has 1 aromatic carbocycles. The second-order valence-electron chi connectivity index (χ2n) is 3.47. The van der Waals surface area contributed by atoms with Crippen molar-refractivity contribution >= 4 is 34.4 Å². The van der Waals surface area contributed by atoms with Gasteiger partial charge >= 0.3 is 0 Å². The van der Waals surface area contributed by atoms with E-state index in [9.17, 15) is 9.59 Å². The fourth-order valence-corrected chi connectivity index (χ4v) is 2.15. The van der Waals surface area contributed by atoms with E-state index in [4.69, 9.17) is 0 Å². The molecule has 2 rings (SSSR count). The van der Waals surface area contributed by atoms with E-state index < -0.39 is 0 Å². The quantitative estimate of drug-likeness (QED) is 0.618. The van der Waals surface area contributed by atoms with E-state index in [-0.39, 0.29) is 11.8 Å². The number of carbonyl (C=O) groups excluding carboxylic acids is 2. The van der Waals surface area contributed by atoms with Gasteiger partial charge in [-0.15, -0.1) is 0 Å². The van der Waals surface area contributed by atoms with Gasteiger partial charge < -0.3 is 0 Å². The van der Waals surface area contributed by atoms with Gasteiger partial charge in [0.05, 0.1) is 6.54 Å². The summed E-state index contributed by atoms with van der Waals surface area (Å²) in [6, 6.07) is 7.78. The molecular weight excluding hydrogens is 305 g/mol. The summed E-state index contributed by atoms with van der Waals surface area (Å²) in [7, 11) is 0. The van der Waals surface area contributed by atoms with E-state index in [0.29, 0.717) is 19.4 Å². The van der Waals surface area contributed by atoms with Crippen LogP contribution >= 0.6 is 22.6 Å². The molecule has 1 aromatic rings. The summed E-state index contributed by atoms with van der Waals surface area (Å²) in [6.45, 7) is 0.413. The Bertz CT molecular complexity index is 401. The van der Waals surface area contributed by atoms with Gasteiger partial charge in [-0.3, -0.25) is 14.5 Å². The lowest BCUT2D eigenvalue weighted by Gasteiger charge is -2.14. The molecule has 2 amide bonds. The molecule has 1 aliphatic rings. The molecule has 1 aliphatic heterocycles. The number of hydrogen-bond acceptors (Lipinski definition) is 2. The summed E-state index contributed by atoms with van der Waals surface area (Å²) in [4.78, 5) is 24.2. The largest absolute Gasteiger partial charge is 0.278 e. The number of likely N-dealkylation sites (tertiary alicyclic amines) is 1. The normalized spacial score (nSPS) is 16.2. The molecule has 0 unspecified atom stereocenters. The molecule has 4 heteroatoms. The van der Waals surface area contributed by atoms with Crippen LogP contribution in [0.2, 0.25) is 0 Å². The third-order valence-electron chi connectivity index (χ3n) is 2.44. The molecule has 1 fully saturated rings. The molecule has 0 spiro atoms. The van der Waals surface area contributed by atoms with E-state index in [1.807, 2.05) is 24.3 Å². The number of amides is 2. The van der Waals surface area contributed by atoms with Crippen LogP contribution in [-0.4, -0.2) is 16.7 Å². The summed E-state index contributed by atoms with van der Waals surface area (Å²) in [5, 5.41) is 0. The Morgan fingerprint density at radius 1 is 1.13 bits per heavy atom. The van der Waals surface area contributed by atoms with Crippen molar-refractivity contribution in [1.29, 1.82) is 0 Å². The van der Waals surface area contributed by atoms with E-state index in [0.717, 1.165) is 9.13 Å². The Labute approximate surface area is 102 Å². The molecule has 0 saturated carbocycles. The van der Waals surface area contributed by atoms with Gasteiger partial charge in [0, 0.05) is 16.4 Å². The van der Waals surface area contributed by atoms with E-state index >= 15 is 0 Å². The van der Waals surface area contributed by atoms with E-state index in [2.05, 4.69) is 22.6 Å². The monoisotopic (exact) mass is 315 g/mol. The number of nitrogens with zero attached hydrogens (tertiary/aromatic N) is 1. The molecule has 0 aliphatic carbocycles. The van der Waals surface area contributed by atoms with Crippen molar-refractivity contribution in [3.05, 3.63) is 33.4 Å². The lowest BCUT2D eigenvalue weighted by Crippen LogP contribution is -2.28. The maximum atomic E-state index is 11.4. The second-order valence-corrected chi connectivity index (χ2v) is 4.63. The minimum Gasteiger partial charge on any atom is -0.278 e. The third-order valence-corrected chi connectivity index (χ3v) is 3.49. The van der Waals surface area contributed by atoms with E-state index in [1.54, 1.807) is 0 Å². The lowest BCUT2D eigenvalue weighted by molar-refractivity contribution is -0.139. The van der Waals surface area contributed by atoms with Crippen LogP contribution in [0.15, 0.2) is 24.3 Å². The summed E-state index contributed by atoms with van der Waals surface area (Å²) in [5.41, 5.74) is 1.03. The second kappa shape index (κ2) is 4.30. The smallest absolute Gasteiger partial charge is 0.229 e. The van der Waals surface area contributed by atoms with Crippen LogP contribution in [0.3, 0.4) is 0 Å². The van der Waals surface area contributed by atoms with Crippen molar-refractivity contribution in [2.24, 2.45) is 0 Å². The van der Waals surface area contributed by atoms with Gasteiger partial charge in [-0.1, -0.05) is 18.2 Å². The zero-order valence-corrected chi connectivity index (χ0v) is 10.2. The van der Waals surface area contributed by atoms with Crippen molar-refractivity contribution in [3.8, 4) is 0 Å². The van der Waals surface area contributed by atoms with Gasteiger partial charge in [0.15, 0.2) is 0 Å². The number of rotatable bonds is 2. The molecule has 1 heterocycles. The van der Waals surface area contributed by atoms with Crippen LogP contribution in [0.5, 0.6) is 0 Å². The van der Waals surface area contributed by atoms with Crippen LogP contribution in [0, 0.1) is 3.57 Å². The van der Waals surface area contributed by atoms with Crippen LogP contribution in [0.1, 0.15) is 18.4 Å². The molecule has 0 N–H and O–H groups in total. The fourth-order valence-electron chi connectivity index (χ4n) is 1.60. The molecule has 1 saturated heterocycles. The molecule has 0 radical (unpaired) electrons. The average Bonchev–Trinajstić information content (AvgIpc) is 2.53. The molecule has 0 aromatic heterocycles. The first kappa shape index (κ1) is 10.6. The topological polar surface area (TPSA) is 37.4 Å². The Morgan fingerprint density at radius 3 is 2.33 bits per heavy atom. The zero-order valence-electron chi connectivity index (χ0n) is 8.07. The highest BCUT2D eigenvalue weighted by atomic mass is 127. The SMILES string of the molecule is O=C1CCC(=O)N1Cc1ccccc1I. The van der Waals surface area contributed by atoms with Gasteiger partial charge in [0.2, 0.25) is 11.8 Å². The van der Waals surface area contributed by atoms with Crippen molar-refractivity contribution in [2.45, 2.75) is 19.4 Å². The maximum absolute atomic E-state index is 11.4. The fraction of sp³-hybridized carbons (Fsp3) is 0.273. The van der Waals surface area contributed by atoms with Gasteiger partial charge in [0.25, 0.3) is 0 Å². The number of carbonyl (C=O) groups is 2. The predicted molar refractivity (Wildman–Crippen MR) is 64.0 cm³/mol. The Hall–Kier alpha value is -0.910. The highest BCUT2D eigenvalue weighted by Crippen LogP contribution is 2.19. The minimum absolute atomic E-state index is 0.0559. The van der Waals surface area contributed by atoms with Crippen molar-refractivity contribution < 1.29 is 9.59 Å². The summed E-state index contributed by atoms with van der Waals surface area (Å²) in [6.07, 6.45) is 0.727. The van der Waals surface area contributed by atoms with Gasteiger partial charge in [-0.25, -0.2) is 0 Å². The summed E-state index contributed by atoms with van der Waals surface area (Å²) in [5.74, 6) is -0.112. The summed E-state index contributed by atoms with van der Waals surface area (Å²) >= 11 is 2.21. The van der Waals surface area contributed by atoms with Crippen LogP contribution < -0.4 is 0 Å². The number of hydrogen-bond donors (Lipinski definition) is 0. The predicted octanol–water partition coefficient (Wildman–Crippen LogP) is 1.94. The number of imide groups is 1. The molecule has 15 heavy (non-hydrogen) atoms. The first-order valence-electron chi connectivity index (χ1n) is 4.75. The summed E-state index contributed by atoms with van der Waals surface area (Å²) < 4.78 is 1.09. The standard InChI is InChI=1S/C11H10INO2/c12-9-4-2-1-3-8(9)7-13-10(14)5-6-11(13)15/h1-4H,5-7H2. The van der Waals surface area contributed by atoms with Crippen molar-refractivity contribution in [1.82, 2.24) is 4.90 Å². The highest BCUT2D eigenvalue weighted by molar-refractivity contribution is 14.1. The lowest BCUT2D eigenvalue weighted by atomic mass is 10.2. The Kier molecular flexibility index (Phi) is 3.04. The molecule has 0 atom stereocenters. The number of benzene rings is 1. The van der Waals surface area contributed by atoms with Crippen LogP contribution in [-0.2, 0) is 16.1 Å². The third kappa shape index (κ3) is 2.19. The van der Waals surface area contributed by atoms with Crippen molar-refractivity contribution in [3.63, 3.8) is 0 Å². The van der Waals surface area contributed by atoms with Gasteiger partial charge in [-0.2, -0.15) is 0 Å². The highest BCUT2D eigenvalue weighted by Gasteiger charge is 2.28. The van der Waals surface area contributed by atoms with Crippen molar-refractivity contribution in [2.75, 3.05) is 0 Å². The van der Waals surface area contributed by atoms with Gasteiger partial charge in [0.1, 0.15) is 0 Å². The zero-order chi connectivity index (χ0) is 10.8. The molecular formula is C11H10INO2. The Morgan fingerprint density at radius 2 is 1.73 bits per heavy atom. The first-order chi connectivity index (χ1) is 7.18. The maximum Gasteiger partial charge on any atom is 0.229 e.